The van der Waals surface area contributed by atoms with Crippen molar-refractivity contribution in [3.63, 3.8) is 0 Å². The summed E-state index contributed by atoms with van der Waals surface area (Å²) in [5.74, 6) is 1.21. The van der Waals surface area contributed by atoms with Crippen molar-refractivity contribution in [1.82, 2.24) is 15.0 Å². The minimum Gasteiger partial charge on any atom is -0.352 e. The Labute approximate surface area is 153 Å². The highest BCUT2D eigenvalue weighted by atomic mass is 15.2. The molecule has 2 aromatic heterocycles. The van der Waals surface area contributed by atoms with Crippen molar-refractivity contribution in [2.45, 2.75) is 26.3 Å². The smallest absolute Gasteiger partial charge is 0.225 e. The Morgan fingerprint density at radius 1 is 1.15 bits per heavy atom. The van der Waals surface area contributed by atoms with E-state index in [9.17, 15) is 0 Å². The third-order valence-corrected chi connectivity index (χ3v) is 3.94. The number of nitrogens with zero attached hydrogens (tertiary/aromatic N) is 4. The van der Waals surface area contributed by atoms with Gasteiger partial charge in [-0.1, -0.05) is 13.0 Å². The maximum atomic E-state index is 9.07. The highest BCUT2D eigenvalue weighted by Crippen LogP contribution is 2.24. The molecule has 2 heterocycles. The molecule has 0 aliphatic rings. The fraction of sp³-hybridized carbons (Fsp3) is 0.200. The fourth-order valence-corrected chi connectivity index (χ4v) is 2.37. The van der Waals surface area contributed by atoms with Crippen molar-refractivity contribution in [3.05, 3.63) is 60.4 Å². The van der Waals surface area contributed by atoms with Gasteiger partial charge in [0.1, 0.15) is 5.82 Å². The van der Waals surface area contributed by atoms with Crippen LogP contribution in [0.15, 0.2) is 54.9 Å². The summed E-state index contributed by atoms with van der Waals surface area (Å²) in [6, 6.07) is 15.4. The molecule has 0 saturated heterocycles. The summed E-state index contributed by atoms with van der Waals surface area (Å²) in [6.45, 7) is 4.19. The van der Waals surface area contributed by atoms with Gasteiger partial charge >= 0.3 is 0 Å². The second-order valence-corrected chi connectivity index (χ2v) is 5.97. The molecular formula is C20H20N6. The molecule has 0 spiro atoms. The lowest BCUT2D eigenvalue weighted by molar-refractivity contribution is 0.753. The molecule has 3 aromatic rings. The molecule has 0 aliphatic carbocycles. The van der Waals surface area contributed by atoms with E-state index in [4.69, 9.17) is 5.26 Å². The van der Waals surface area contributed by atoms with E-state index in [1.54, 1.807) is 24.5 Å². The fourth-order valence-electron chi connectivity index (χ4n) is 2.37. The predicted molar refractivity (Wildman–Crippen MR) is 103 cm³/mol. The van der Waals surface area contributed by atoms with E-state index in [1.807, 2.05) is 30.3 Å². The lowest BCUT2D eigenvalue weighted by Gasteiger charge is -2.14. The van der Waals surface area contributed by atoms with Gasteiger partial charge in [0, 0.05) is 35.8 Å². The Morgan fingerprint density at radius 2 is 2.04 bits per heavy atom. The van der Waals surface area contributed by atoms with Crippen molar-refractivity contribution < 1.29 is 0 Å². The van der Waals surface area contributed by atoms with Gasteiger partial charge in [-0.2, -0.15) is 10.2 Å². The summed E-state index contributed by atoms with van der Waals surface area (Å²) in [7, 11) is 0. The molecule has 1 aromatic carbocycles. The second-order valence-electron chi connectivity index (χ2n) is 5.97. The van der Waals surface area contributed by atoms with E-state index in [0.29, 0.717) is 17.3 Å². The van der Waals surface area contributed by atoms with Crippen LogP contribution in [0.3, 0.4) is 0 Å². The Bertz CT molecular complexity index is 917. The number of hydrogen-bond acceptors (Lipinski definition) is 6. The summed E-state index contributed by atoms with van der Waals surface area (Å²) in [5.41, 5.74) is 3.08. The van der Waals surface area contributed by atoms with Gasteiger partial charge in [0.25, 0.3) is 0 Å². The van der Waals surface area contributed by atoms with Crippen LogP contribution in [-0.2, 0) is 0 Å². The number of benzene rings is 1. The normalized spacial score (nSPS) is 11.4. The molecule has 0 amide bonds. The van der Waals surface area contributed by atoms with Crippen molar-refractivity contribution in [1.29, 1.82) is 5.26 Å². The van der Waals surface area contributed by atoms with Gasteiger partial charge in [-0.25, -0.2) is 4.98 Å². The van der Waals surface area contributed by atoms with Crippen LogP contribution in [0.2, 0.25) is 0 Å². The molecule has 6 nitrogen and oxygen atoms in total. The average Bonchev–Trinajstić information content (AvgIpc) is 2.68. The maximum Gasteiger partial charge on any atom is 0.225 e. The van der Waals surface area contributed by atoms with Crippen LogP contribution in [0.5, 0.6) is 0 Å². The van der Waals surface area contributed by atoms with Gasteiger partial charge in [-0.05, 0) is 43.7 Å². The first-order chi connectivity index (χ1) is 12.7. The molecule has 0 aliphatic heterocycles. The number of aromatic nitrogens is 3. The highest BCUT2D eigenvalue weighted by molar-refractivity contribution is 5.67. The van der Waals surface area contributed by atoms with Gasteiger partial charge in [0.15, 0.2) is 0 Å². The molecule has 0 radical (unpaired) electrons. The first-order valence-corrected chi connectivity index (χ1v) is 8.51. The van der Waals surface area contributed by atoms with Gasteiger partial charge in [-0.15, -0.1) is 0 Å². The first kappa shape index (κ1) is 17.4. The van der Waals surface area contributed by atoms with E-state index in [-0.39, 0.29) is 6.04 Å². The lowest BCUT2D eigenvalue weighted by atomic mass is 10.2. The second kappa shape index (κ2) is 8.08. The minimum absolute atomic E-state index is 0.258. The summed E-state index contributed by atoms with van der Waals surface area (Å²) in [4.78, 5) is 13.3. The molecule has 130 valence electrons. The zero-order valence-electron chi connectivity index (χ0n) is 14.8. The van der Waals surface area contributed by atoms with Crippen LogP contribution in [-0.4, -0.2) is 21.0 Å². The van der Waals surface area contributed by atoms with Crippen molar-refractivity contribution in [2.75, 3.05) is 10.6 Å². The summed E-state index contributed by atoms with van der Waals surface area (Å²) in [6.07, 6.45) is 4.47. The number of hydrogen-bond donors (Lipinski definition) is 2. The van der Waals surface area contributed by atoms with Gasteiger partial charge in [-0.3, -0.25) is 4.98 Å². The van der Waals surface area contributed by atoms with Crippen LogP contribution in [0.25, 0.3) is 11.3 Å². The standard InChI is InChI=1S/C20H20N6/c1-3-14(2)23-20-25-18(16-7-5-9-22-13-16)11-19(26-20)24-17-8-4-6-15(10-17)12-21/h4-11,13-14H,3H2,1-2H3,(H2,23,24,25,26)/t14-/m1/s1. The maximum absolute atomic E-state index is 9.07. The van der Waals surface area contributed by atoms with Crippen LogP contribution >= 0.6 is 0 Å². The van der Waals surface area contributed by atoms with Crippen molar-refractivity contribution in [3.8, 4) is 17.3 Å². The van der Waals surface area contributed by atoms with E-state index >= 15 is 0 Å². The molecule has 3 rings (SSSR count). The van der Waals surface area contributed by atoms with Crippen LogP contribution in [0, 0.1) is 11.3 Å². The summed E-state index contributed by atoms with van der Waals surface area (Å²) >= 11 is 0. The third kappa shape index (κ3) is 4.33. The van der Waals surface area contributed by atoms with E-state index < -0.39 is 0 Å². The lowest BCUT2D eigenvalue weighted by Crippen LogP contribution is -2.16. The quantitative estimate of drug-likeness (QED) is 0.691. The van der Waals surface area contributed by atoms with Gasteiger partial charge in [0.05, 0.1) is 17.3 Å². The van der Waals surface area contributed by atoms with E-state index in [0.717, 1.165) is 23.4 Å². The van der Waals surface area contributed by atoms with E-state index in [2.05, 4.69) is 45.5 Å². The van der Waals surface area contributed by atoms with Gasteiger partial charge < -0.3 is 10.6 Å². The molecule has 6 heteroatoms. The molecular weight excluding hydrogens is 324 g/mol. The Kier molecular flexibility index (Phi) is 5.40. The van der Waals surface area contributed by atoms with Crippen molar-refractivity contribution >= 4 is 17.5 Å². The average molecular weight is 344 g/mol. The number of pyridine rings is 1. The minimum atomic E-state index is 0.258. The summed E-state index contributed by atoms with van der Waals surface area (Å²) in [5, 5.41) is 15.6. The SMILES string of the molecule is CC[C@@H](C)Nc1nc(Nc2cccc(C#N)c2)cc(-c2cccnc2)n1. The molecule has 1 atom stereocenters. The molecule has 2 N–H and O–H groups in total. The predicted octanol–water partition coefficient (Wildman–Crippen LogP) is 4.36. The zero-order valence-corrected chi connectivity index (χ0v) is 14.8. The van der Waals surface area contributed by atoms with Gasteiger partial charge in [0.2, 0.25) is 5.95 Å². The van der Waals surface area contributed by atoms with E-state index in [1.165, 1.54) is 0 Å². The third-order valence-electron chi connectivity index (χ3n) is 3.94. The summed E-state index contributed by atoms with van der Waals surface area (Å²) < 4.78 is 0. The van der Waals surface area contributed by atoms with Crippen LogP contribution in [0.1, 0.15) is 25.8 Å². The van der Waals surface area contributed by atoms with Crippen LogP contribution in [0.4, 0.5) is 17.5 Å². The van der Waals surface area contributed by atoms with Crippen molar-refractivity contribution in [2.24, 2.45) is 0 Å². The molecule has 0 bridgehead atoms. The topological polar surface area (TPSA) is 86.5 Å². The van der Waals surface area contributed by atoms with Crippen LogP contribution < -0.4 is 10.6 Å². The number of nitriles is 1. The number of anilines is 3. The Hall–Kier alpha value is -3.46. The number of nitrogens with one attached hydrogen (secondary N) is 2. The molecule has 26 heavy (non-hydrogen) atoms. The number of rotatable bonds is 6. The first-order valence-electron chi connectivity index (χ1n) is 8.51. The highest BCUT2D eigenvalue weighted by Gasteiger charge is 2.09. The monoisotopic (exact) mass is 344 g/mol. The Morgan fingerprint density at radius 3 is 2.77 bits per heavy atom. The zero-order chi connectivity index (χ0) is 18.4. The largest absolute Gasteiger partial charge is 0.352 e. The Balaban J connectivity index is 1.97. The molecule has 0 unspecified atom stereocenters. The molecule has 0 fully saturated rings. The molecule has 0 saturated carbocycles.